The highest BCUT2D eigenvalue weighted by molar-refractivity contribution is 5.47. The molecular formula is C12H16N2. The molecule has 1 aromatic carbocycles. The summed E-state index contributed by atoms with van der Waals surface area (Å²) in [5.41, 5.74) is 1.79. The summed E-state index contributed by atoms with van der Waals surface area (Å²) in [5, 5.41) is 12.0. The number of anilines is 1. The van der Waals surface area contributed by atoms with Crippen LogP contribution >= 0.6 is 0 Å². The average Bonchev–Trinajstić information content (AvgIpc) is 2.26. The van der Waals surface area contributed by atoms with E-state index in [2.05, 4.69) is 25.2 Å². The van der Waals surface area contributed by atoms with Crippen LogP contribution in [0.4, 0.5) is 5.69 Å². The van der Waals surface area contributed by atoms with Crippen LogP contribution in [-0.2, 0) is 0 Å². The van der Waals surface area contributed by atoms with Crippen molar-refractivity contribution in [1.29, 1.82) is 5.26 Å². The standard InChI is InChI=1S/C12H16N2/c1-3-10(2)9-14-12-6-4-11(8-13)5-7-12/h4-7,10,14H,3,9H2,1-2H3/t10-/m0/s1. The van der Waals surface area contributed by atoms with Crippen LogP contribution in [0.3, 0.4) is 0 Å². The van der Waals surface area contributed by atoms with Crippen molar-refractivity contribution in [1.82, 2.24) is 0 Å². The third kappa shape index (κ3) is 3.10. The molecule has 1 atom stereocenters. The Kier molecular flexibility index (Phi) is 4.00. The lowest BCUT2D eigenvalue weighted by molar-refractivity contribution is 0.593. The van der Waals surface area contributed by atoms with Crippen molar-refractivity contribution >= 4 is 5.69 Å². The van der Waals surface area contributed by atoms with Gasteiger partial charge in [-0.3, -0.25) is 0 Å². The van der Waals surface area contributed by atoms with Crippen molar-refractivity contribution in [2.24, 2.45) is 5.92 Å². The molecule has 0 bridgehead atoms. The fourth-order valence-corrected chi connectivity index (χ4v) is 1.10. The third-order valence-electron chi connectivity index (χ3n) is 2.37. The highest BCUT2D eigenvalue weighted by Crippen LogP contribution is 2.10. The van der Waals surface area contributed by atoms with E-state index < -0.39 is 0 Å². The van der Waals surface area contributed by atoms with Gasteiger partial charge in [0.15, 0.2) is 0 Å². The van der Waals surface area contributed by atoms with Crippen LogP contribution in [-0.4, -0.2) is 6.54 Å². The van der Waals surface area contributed by atoms with Crippen LogP contribution < -0.4 is 5.32 Å². The van der Waals surface area contributed by atoms with E-state index in [1.807, 2.05) is 24.3 Å². The second kappa shape index (κ2) is 5.29. The molecule has 0 amide bonds. The van der Waals surface area contributed by atoms with Crippen molar-refractivity contribution in [3.8, 4) is 6.07 Å². The van der Waals surface area contributed by atoms with E-state index >= 15 is 0 Å². The first-order valence-electron chi connectivity index (χ1n) is 5.00. The molecule has 1 aromatic rings. The van der Waals surface area contributed by atoms with Gasteiger partial charge in [0, 0.05) is 12.2 Å². The van der Waals surface area contributed by atoms with Gasteiger partial charge in [-0.25, -0.2) is 0 Å². The Morgan fingerprint density at radius 2 is 2.00 bits per heavy atom. The summed E-state index contributed by atoms with van der Waals surface area (Å²) in [7, 11) is 0. The molecule has 2 nitrogen and oxygen atoms in total. The average molecular weight is 188 g/mol. The van der Waals surface area contributed by atoms with E-state index in [9.17, 15) is 0 Å². The smallest absolute Gasteiger partial charge is 0.0991 e. The van der Waals surface area contributed by atoms with Gasteiger partial charge in [0.2, 0.25) is 0 Å². The first-order valence-corrected chi connectivity index (χ1v) is 5.00. The van der Waals surface area contributed by atoms with E-state index in [0.717, 1.165) is 12.2 Å². The molecule has 74 valence electrons. The maximum Gasteiger partial charge on any atom is 0.0991 e. The van der Waals surface area contributed by atoms with Crippen LogP contribution in [0, 0.1) is 17.2 Å². The molecule has 0 saturated heterocycles. The van der Waals surface area contributed by atoms with Crippen molar-refractivity contribution in [3.05, 3.63) is 29.8 Å². The lowest BCUT2D eigenvalue weighted by Gasteiger charge is -2.10. The summed E-state index contributed by atoms with van der Waals surface area (Å²) < 4.78 is 0. The van der Waals surface area contributed by atoms with Gasteiger partial charge in [-0.15, -0.1) is 0 Å². The Morgan fingerprint density at radius 3 is 2.50 bits per heavy atom. The number of nitrogens with zero attached hydrogens (tertiary/aromatic N) is 1. The predicted octanol–water partition coefficient (Wildman–Crippen LogP) is 3.02. The van der Waals surface area contributed by atoms with Gasteiger partial charge in [0.1, 0.15) is 0 Å². The highest BCUT2D eigenvalue weighted by Gasteiger charge is 1.98. The molecule has 14 heavy (non-hydrogen) atoms. The SMILES string of the molecule is CC[C@H](C)CNc1ccc(C#N)cc1. The summed E-state index contributed by atoms with van der Waals surface area (Å²) in [5.74, 6) is 0.686. The molecule has 0 aliphatic carbocycles. The number of benzene rings is 1. The van der Waals surface area contributed by atoms with E-state index in [0.29, 0.717) is 11.5 Å². The van der Waals surface area contributed by atoms with Crippen LogP contribution in [0.15, 0.2) is 24.3 Å². The van der Waals surface area contributed by atoms with Crippen molar-refractivity contribution in [2.45, 2.75) is 20.3 Å². The Balaban J connectivity index is 2.49. The molecular weight excluding hydrogens is 172 g/mol. The minimum absolute atomic E-state index is 0.686. The molecule has 0 aromatic heterocycles. The maximum absolute atomic E-state index is 8.61. The molecule has 0 aliphatic heterocycles. The van der Waals surface area contributed by atoms with Crippen LogP contribution in [0.1, 0.15) is 25.8 Å². The van der Waals surface area contributed by atoms with E-state index in [1.165, 1.54) is 6.42 Å². The number of nitrogens with one attached hydrogen (secondary N) is 1. The second-order valence-electron chi connectivity index (χ2n) is 3.58. The molecule has 0 radical (unpaired) electrons. The fourth-order valence-electron chi connectivity index (χ4n) is 1.10. The van der Waals surface area contributed by atoms with E-state index in [1.54, 1.807) is 0 Å². The number of rotatable bonds is 4. The Hall–Kier alpha value is -1.49. The fraction of sp³-hybridized carbons (Fsp3) is 0.417. The van der Waals surface area contributed by atoms with Gasteiger partial charge >= 0.3 is 0 Å². The summed E-state index contributed by atoms with van der Waals surface area (Å²) in [6.07, 6.45) is 1.18. The lowest BCUT2D eigenvalue weighted by Crippen LogP contribution is -2.09. The van der Waals surface area contributed by atoms with Crippen molar-refractivity contribution in [2.75, 3.05) is 11.9 Å². The zero-order chi connectivity index (χ0) is 10.4. The molecule has 0 heterocycles. The lowest BCUT2D eigenvalue weighted by atomic mass is 10.1. The summed E-state index contributed by atoms with van der Waals surface area (Å²) >= 11 is 0. The molecule has 0 unspecified atom stereocenters. The Bertz CT molecular complexity index is 308. The Labute approximate surface area is 85.6 Å². The van der Waals surface area contributed by atoms with Gasteiger partial charge in [0.05, 0.1) is 11.6 Å². The molecule has 1 N–H and O–H groups in total. The van der Waals surface area contributed by atoms with Crippen molar-refractivity contribution < 1.29 is 0 Å². The zero-order valence-electron chi connectivity index (χ0n) is 8.75. The predicted molar refractivity (Wildman–Crippen MR) is 59.1 cm³/mol. The van der Waals surface area contributed by atoms with Crippen LogP contribution in [0.5, 0.6) is 0 Å². The van der Waals surface area contributed by atoms with Crippen LogP contribution in [0.2, 0.25) is 0 Å². The zero-order valence-corrected chi connectivity index (χ0v) is 8.75. The second-order valence-corrected chi connectivity index (χ2v) is 3.58. The number of nitriles is 1. The largest absolute Gasteiger partial charge is 0.385 e. The molecule has 2 heteroatoms. The molecule has 0 aliphatic rings. The minimum Gasteiger partial charge on any atom is -0.385 e. The Morgan fingerprint density at radius 1 is 1.36 bits per heavy atom. The summed E-state index contributed by atoms with van der Waals surface area (Å²) in [6, 6.07) is 9.66. The molecule has 0 fully saturated rings. The van der Waals surface area contributed by atoms with E-state index in [4.69, 9.17) is 5.26 Å². The normalized spacial score (nSPS) is 11.8. The van der Waals surface area contributed by atoms with Crippen LogP contribution in [0.25, 0.3) is 0 Å². The van der Waals surface area contributed by atoms with Gasteiger partial charge in [-0.05, 0) is 30.2 Å². The third-order valence-corrected chi connectivity index (χ3v) is 2.37. The van der Waals surface area contributed by atoms with Gasteiger partial charge < -0.3 is 5.32 Å². The summed E-state index contributed by atoms with van der Waals surface area (Å²) in [4.78, 5) is 0. The number of hydrogen-bond donors (Lipinski definition) is 1. The first-order chi connectivity index (χ1) is 6.76. The van der Waals surface area contributed by atoms with Gasteiger partial charge in [-0.2, -0.15) is 5.26 Å². The quantitative estimate of drug-likeness (QED) is 0.788. The summed E-state index contributed by atoms with van der Waals surface area (Å²) in [6.45, 7) is 5.39. The van der Waals surface area contributed by atoms with Crippen molar-refractivity contribution in [3.63, 3.8) is 0 Å². The minimum atomic E-state index is 0.686. The topological polar surface area (TPSA) is 35.8 Å². The molecule has 1 rings (SSSR count). The molecule has 0 saturated carbocycles. The van der Waals surface area contributed by atoms with Gasteiger partial charge in [-0.1, -0.05) is 20.3 Å². The number of hydrogen-bond acceptors (Lipinski definition) is 2. The highest BCUT2D eigenvalue weighted by atomic mass is 14.9. The van der Waals surface area contributed by atoms with Gasteiger partial charge in [0.25, 0.3) is 0 Å². The van der Waals surface area contributed by atoms with E-state index in [-0.39, 0.29) is 0 Å². The maximum atomic E-state index is 8.61. The molecule has 0 spiro atoms. The monoisotopic (exact) mass is 188 g/mol. The first kappa shape index (κ1) is 10.6.